The molecule has 0 saturated heterocycles. The highest BCUT2D eigenvalue weighted by molar-refractivity contribution is 5.34. The third kappa shape index (κ3) is 3.41. The molecule has 1 aliphatic heterocycles. The average Bonchev–Trinajstić information content (AvgIpc) is 2.86. The molecule has 0 spiro atoms. The van der Waals surface area contributed by atoms with Crippen molar-refractivity contribution in [2.24, 2.45) is 0 Å². The van der Waals surface area contributed by atoms with Crippen molar-refractivity contribution in [3.8, 4) is 0 Å². The molecule has 130 valence electrons. The first kappa shape index (κ1) is 17.2. The third-order valence-corrected chi connectivity index (χ3v) is 4.87. The first-order valence-corrected chi connectivity index (χ1v) is 9.05. The van der Waals surface area contributed by atoms with E-state index < -0.39 is 0 Å². The number of nitrogens with one attached hydrogen (secondary N) is 1. The minimum atomic E-state index is 0.0877. The fourth-order valence-electron chi connectivity index (χ4n) is 3.44. The Labute approximate surface area is 146 Å². The molecule has 2 heterocycles. The van der Waals surface area contributed by atoms with Crippen molar-refractivity contribution >= 4 is 0 Å². The predicted octanol–water partition coefficient (Wildman–Crippen LogP) is 4.17. The molecule has 0 aliphatic carbocycles. The van der Waals surface area contributed by atoms with Crippen LogP contribution in [0.3, 0.4) is 0 Å². The summed E-state index contributed by atoms with van der Waals surface area (Å²) < 4.78 is 2.24. The van der Waals surface area contributed by atoms with Gasteiger partial charge in [-0.3, -0.25) is 4.68 Å². The number of nitrogens with zero attached hydrogens (tertiary/aromatic N) is 2. The summed E-state index contributed by atoms with van der Waals surface area (Å²) in [4.78, 5) is 0. The van der Waals surface area contributed by atoms with Crippen molar-refractivity contribution < 1.29 is 0 Å². The molecule has 1 aromatic carbocycles. The highest BCUT2D eigenvalue weighted by Gasteiger charge is 2.27. The Bertz CT molecular complexity index is 709. The number of benzene rings is 1. The first-order valence-electron chi connectivity index (χ1n) is 9.05. The number of hydrogen-bond acceptors (Lipinski definition) is 2. The maximum absolute atomic E-state index is 5.01. The lowest BCUT2D eigenvalue weighted by Gasteiger charge is -2.20. The van der Waals surface area contributed by atoms with E-state index in [1.165, 1.54) is 28.1 Å². The Morgan fingerprint density at radius 2 is 1.67 bits per heavy atom. The van der Waals surface area contributed by atoms with Gasteiger partial charge in [-0.25, -0.2) is 0 Å². The Kier molecular flexibility index (Phi) is 4.33. The largest absolute Gasteiger partial charge is 0.312 e. The van der Waals surface area contributed by atoms with E-state index in [-0.39, 0.29) is 10.8 Å². The lowest BCUT2D eigenvalue weighted by Crippen LogP contribution is -2.26. The summed E-state index contributed by atoms with van der Waals surface area (Å²) in [7, 11) is 0. The molecule has 0 radical (unpaired) electrons. The highest BCUT2D eigenvalue weighted by Crippen LogP contribution is 2.29. The van der Waals surface area contributed by atoms with E-state index in [1.807, 2.05) is 0 Å². The molecule has 0 bridgehead atoms. The van der Waals surface area contributed by atoms with Gasteiger partial charge < -0.3 is 5.32 Å². The molecule has 0 atom stereocenters. The number of hydrogen-bond donors (Lipinski definition) is 1. The van der Waals surface area contributed by atoms with Crippen LogP contribution in [-0.2, 0) is 30.3 Å². The van der Waals surface area contributed by atoms with Crippen LogP contribution in [0.15, 0.2) is 24.3 Å². The number of aromatic nitrogens is 2. The number of rotatable bonds is 2. The Morgan fingerprint density at radius 1 is 1.00 bits per heavy atom. The van der Waals surface area contributed by atoms with E-state index in [0.29, 0.717) is 0 Å². The van der Waals surface area contributed by atoms with Crippen molar-refractivity contribution in [1.82, 2.24) is 15.1 Å². The summed E-state index contributed by atoms with van der Waals surface area (Å²) in [6.07, 6.45) is 1.07. The quantitative estimate of drug-likeness (QED) is 0.898. The second-order valence-corrected chi connectivity index (χ2v) is 9.06. The third-order valence-electron chi connectivity index (χ3n) is 4.87. The fourth-order valence-corrected chi connectivity index (χ4v) is 3.44. The van der Waals surface area contributed by atoms with Gasteiger partial charge in [0, 0.05) is 36.2 Å². The van der Waals surface area contributed by atoms with Crippen molar-refractivity contribution in [3.05, 3.63) is 52.3 Å². The van der Waals surface area contributed by atoms with E-state index in [9.17, 15) is 0 Å². The van der Waals surface area contributed by atoms with Crippen LogP contribution in [0.2, 0.25) is 0 Å². The van der Waals surface area contributed by atoms with Gasteiger partial charge in [-0.2, -0.15) is 5.10 Å². The first-order chi connectivity index (χ1) is 11.2. The van der Waals surface area contributed by atoms with Crippen molar-refractivity contribution in [3.63, 3.8) is 0 Å². The summed E-state index contributed by atoms with van der Waals surface area (Å²) in [6, 6.07) is 9.04. The topological polar surface area (TPSA) is 29.9 Å². The smallest absolute Gasteiger partial charge is 0.0725 e. The van der Waals surface area contributed by atoms with Crippen LogP contribution < -0.4 is 5.32 Å². The van der Waals surface area contributed by atoms with Crippen LogP contribution in [0.4, 0.5) is 0 Å². The summed E-state index contributed by atoms with van der Waals surface area (Å²) >= 11 is 0. The van der Waals surface area contributed by atoms with Crippen LogP contribution in [0, 0.1) is 0 Å². The number of fused-ring (bicyclic) bond motifs is 1. The molecule has 0 saturated carbocycles. The Hall–Kier alpha value is -1.61. The van der Waals surface area contributed by atoms with Crippen LogP contribution in [0.5, 0.6) is 0 Å². The molecule has 2 aromatic rings. The normalized spacial score (nSPS) is 15.4. The maximum atomic E-state index is 5.01. The molecular formula is C21H31N3. The lowest BCUT2D eigenvalue weighted by atomic mass is 9.87. The van der Waals surface area contributed by atoms with Gasteiger partial charge >= 0.3 is 0 Å². The van der Waals surface area contributed by atoms with Crippen molar-refractivity contribution in [1.29, 1.82) is 0 Å². The SMILES string of the molecule is CC(C)(C)c1ccc(Cn2nc(C(C)(C)C)c3c2CCNC3)cc1. The Balaban J connectivity index is 1.92. The van der Waals surface area contributed by atoms with Crippen molar-refractivity contribution in [2.75, 3.05) is 6.54 Å². The lowest BCUT2D eigenvalue weighted by molar-refractivity contribution is 0.539. The van der Waals surface area contributed by atoms with E-state index in [0.717, 1.165) is 26.1 Å². The predicted molar refractivity (Wildman–Crippen MR) is 101 cm³/mol. The van der Waals surface area contributed by atoms with Gasteiger partial charge in [-0.1, -0.05) is 65.8 Å². The van der Waals surface area contributed by atoms with Gasteiger partial charge in [0.2, 0.25) is 0 Å². The summed E-state index contributed by atoms with van der Waals surface area (Å²) in [6.45, 7) is 16.4. The van der Waals surface area contributed by atoms with Crippen LogP contribution in [-0.4, -0.2) is 16.3 Å². The molecule has 3 heteroatoms. The van der Waals surface area contributed by atoms with Gasteiger partial charge in [-0.05, 0) is 16.5 Å². The second kappa shape index (κ2) is 6.03. The molecular weight excluding hydrogens is 294 g/mol. The summed E-state index contributed by atoms with van der Waals surface area (Å²) in [5.41, 5.74) is 7.08. The molecule has 3 nitrogen and oxygen atoms in total. The monoisotopic (exact) mass is 325 g/mol. The molecule has 0 amide bonds. The van der Waals surface area contributed by atoms with Crippen LogP contribution >= 0.6 is 0 Å². The summed E-state index contributed by atoms with van der Waals surface area (Å²) in [5, 5.41) is 8.51. The zero-order valence-corrected chi connectivity index (χ0v) is 16.0. The van der Waals surface area contributed by atoms with E-state index >= 15 is 0 Å². The van der Waals surface area contributed by atoms with E-state index in [1.54, 1.807) is 0 Å². The Morgan fingerprint density at radius 3 is 2.25 bits per heavy atom. The standard InChI is InChI=1S/C21H31N3/c1-20(2,3)16-9-7-15(8-10-16)14-24-18-11-12-22-13-17(18)19(23-24)21(4,5)6/h7-10,22H,11-14H2,1-6H3. The van der Waals surface area contributed by atoms with E-state index in [2.05, 4.69) is 75.8 Å². The van der Waals surface area contributed by atoms with Gasteiger partial charge in [0.05, 0.1) is 12.2 Å². The molecule has 1 aromatic heterocycles. The molecule has 24 heavy (non-hydrogen) atoms. The van der Waals surface area contributed by atoms with E-state index in [4.69, 9.17) is 5.10 Å². The fraction of sp³-hybridized carbons (Fsp3) is 0.571. The van der Waals surface area contributed by atoms with Gasteiger partial charge in [0.15, 0.2) is 0 Å². The zero-order chi connectivity index (χ0) is 17.5. The average molecular weight is 326 g/mol. The van der Waals surface area contributed by atoms with Crippen LogP contribution in [0.1, 0.15) is 69.6 Å². The molecule has 3 rings (SSSR count). The van der Waals surface area contributed by atoms with Gasteiger partial charge in [0.25, 0.3) is 0 Å². The maximum Gasteiger partial charge on any atom is 0.0725 e. The molecule has 0 fully saturated rings. The zero-order valence-electron chi connectivity index (χ0n) is 16.0. The molecule has 1 N–H and O–H groups in total. The molecule has 1 aliphatic rings. The summed E-state index contributed by atoms with van der Waals surface area (Å²) in [5.74, 6) is 0. The van der Waals surface area contributed by atoms with Crippen molar-refractivity contribution in [2.45, 2.75) is 71.9 Å². The second-order valence-electron chi connectivity index (χ2n) is 9.06. The highest BCUT2D eigenvalue weighted by atomic mass is 15.3. The molecule has 0 unspecified atom stereocenters. The minimum Gasteiger partial charge on any atom is -0.312 e. The minimum absolute atomic E-state index is 0.0877. The van der Waals surface area contributed by atoms with Crippen LogP contribution in [0.25, 0.3) is 0 Å². The van der Waals surface area contributed by atoms with Gasteiger partial charge in [-0.15, -0.1) is 0 Å². The van der Waals surface area contributed by atoms with Gasteiger partial charge in [0.1, 0.15) is 0 Å².